The van der Waals surface area contributed by atoms with E-state index < -0.39 is 17.7 Å². The summed E-state index contributed by atoms with van der Waals surface area (Å²) in [5, 5.41) is 13.1. The molecule has 0 spiro atoms. The summed E-state index contributed by atoms with van der Waals surface area (Å²) in [6, 6.07) is 15.4. The molecule has 1 aliphatic heterocycles. The summed E-state index contributed by atoms with van der Waals surface area (Å²) in [5.74, 6) is -0.816. The van der Waals surface area contributed by atoms with Crippen molar-refractivity contribution in [2.45, 2.75) is 19.4 Å². The number of ketones is 1. The summed E-state index contributed by atoms with van der Waals surface area (Å²) >= 11 is 1.42. The normalized spacial score (nSPS) is 17.6. The van der Waals surface area contributed by atoms with Crippen LogP contribution in [0, 0.1) is 0 Å². The lowest BCUT2D eigenvalue weighted by Crippen LogP contribution is -2.29. The number of carbonyl (C=O) groups excluding carboxylic acids is 2. The fraction of sp³-hybridized carbons (Fsp3) is 0.200. The monoisotopic (exact) mass is 449 g/mol. The first-order chi connectivity index (χ1) is 15.5. The number of methoxy groups -OCH3 is 2. The van der Waals surface area contributed by atoms with E-state index in [-0.39, 0.29) is 11.3 Å². The van der Waals surface area contributed by atoms with Crippen LogP contribution in [0.1, 0.15) is 29.0 Å². The summed E-state index contributed by atoms with van der Waals surface area (Å²) in [4.78, 5) is 28.6. The van der Waals surface area contributed by atoms with Gasteiger partial charge in [0.25, 0.3) is 11.7 Å². The molecule has 1 unspecified atom stereocenters. The molecule has 1 atom stereocenters. The van der Waals surface area contributed by atoms with Crippen molar-refractivity contribution in [1.82, 2.24) is 0 Å². The van der Waals surface area contributed by atoms with Crippen LogP contribution in [-0.4, -0.2) is 31.0 Å². The van der Waals surface area contributed by atoms with Gasteiger partial charge in [0.15, 0.2) is 0 Å². The van der Waals surface area contributed by atoms with Crippen LogP contribution in [-0.2, 0) is 16.0 Å². The minimum Gasteiger partial charge on any atom is -0.507 e. The van der Waals surface area contributed by atoms with Crippen LogP contribution in [0.3, 0.4) is 0 Å². The van der Waals surface area contributed by atoms with Crippen LogP contribution in [0.4, 0.5) is 5.69 Å². The molecule has 0 bridgehead atoms. The van der Waals surface area contributed by atoms with Gasteiger partial charge in [0.2, 0.25) is 0 Å². The third-order valence-electron chi connectivity index (χ3n) is 5.54. The standard InChI is InChI=1S/C25H23NO5S/c1-4-15-7-9-16(10-8-15)26-22(20-6-5-13-32-20)21(24(28)25(26)29)23(27)18-12-11-17(30-2)14-19(18)31-3/h5-14,22,27H,4H2,1-3H3/b23-21-. The lowest BCUT2D eigenvalue weighted by molar-refractivity contribution is -0.132. The summed E-state index contributed by atoms with van der Waals surface area (Å²) < 4.78 is 10.6. The lowest BCUT2D eigenvalue weighted by Gasteiger charge is -2.24. The number of ether oxygens (including phenoxy) is 2. The summed E-state index contributed by atoms with van der Waals surface area (Å²) in [6.45, 7) is 2.05. The Hall–Kier alpha value is -3.58. The summed E-state index contributed by atoms with van der Waals surface area (Å²) in [6.07, 6.45) is 0.866. The molecule has 3 aromatic rings. The van der Waals surface area contributed by atoms with Gasteiger partial charge in [-0.15, -0.1) is 11.3 Å². The second-order valence-electron chi connectivity index (χ2n) is 7.27. The molecule has 164 valence electrons. The Morgan fingerprint density at radius 2 is 1.81 bits per heavy atom. The molecule has 1 aromatic heterocycles. The highest BCUT2D eigenvalue weighted by Gasteiger charge is 2.47. The van der Waals surface area contributed by atoms with Crippen molar-refractivity contribution in [3.05, 3.63) is 81.6 Å². The average molecular weight is 450 g/mol. The second kappa shape index (κ2) is 8.88. The third-order valence-corrected chi connectivity index (χ3v) is 6.47. The molecule has 0 aliphatic carbocycles. The lowest BCUT2D eigenvalue weighted by atomic mass is 9.99. The number of aliphatic hydroxyl groups is 1. The van der Waals surface area contributed by atoms with Crippen LogP contribution < -0.4 is 14.4 Å². The largest absolute Gasteiger partial charge is 0.507 e. The third kappa shape index (κ3) is 3.65. The van der Waals surface area contributed by atoms with Crippen molar-refractivity contribution < 1.29 is 24.2 Å². The number of aliphatic hydroxyl groups excluding tert-OH is 1. The number of nitrogens with zero attached hydrogens (tertiary/aromatic N) is 1. The SMILES string of the molecule is CCc1ccc(N2C(=O)C(=O)/C(=C(\O)c3ccc(OC)cc3OC)C2c2cccs2)cc1. The van der Waals surface area contributed by atoms with Gasteiger partial charge in [0.05, 0.1) is 25.4 Å². The molecule has 1 N–H and O–H groups in total. The fourth-order valence-electron chi connectivity index (χ4n) is 3.85. The number of amides is 1. The van der Waals surface area contributed by atoms with Crippen LogP contribution >= 0.6 is 11.3 Å². The number of anilines is 1. The molecule has 4 rings (SSSR count). The zero-order chi connectivity index (χ0) is 22.8. The Balaban J connectivity index is 1.91. The van der Waals surface area contributed by atoms with Gasteiger partial charge in [-0.2, -0.15) is 0 Å². The highest BCUT2D eigenvalue weighted by molar-refractivity contribution is 7.10. The number of aryl methyl sites for hydroxylation is 1. The van der Waals surface area contributed by atoms with E-state index >= 15 is 0 Å². The molecule has 1 saturated heterocycles. The zero-order valence-electron chi connectivity index (χ0n) is 18.0. The van der Waals surface area contributed by atoms with Gasteiger partial charge in [-0.3, -0.25) is 14.5 Å². The minimum atomic E-state index is -0.741. The van der Waals surface area contributed by atoms with Gasteiger partial charge in [-0.05, 0) is 47.7 Å². The number of benzene rings is 2. The fourth-order valence-corrected chi connectivity index (χ4v) is 4.67. The molecule has 6 nitrogen and oxygen atoms in total. The van der Waals surface area contributed by atoms with E-state index in [1.54, 1.807) is 18.2 Å². The molecule has 1 amide bonds. The molecule has 32 heavy (non-hydrogen) atoms. The number of carbonyl (C=O) groups is 2. The van der Waals surface area contributed by atoms with Gasteiger partial charge >= 0.3 is 0 Å². The molecular weight excluding hydrogens is 426 g/mol. The maximum atomic E-state index is 13.2. The zero-order valence-corrected chi connectivity index (χ0v) is 18.8. The van der Waals surface area contributed by atoms with Gasteiger partial charge in [0, 0.05) is 16.6 Å². The molecule has 2 heterocycles. The number of Topliss-reactive ketones (excluding diaryl/α,β-unsaturated/α-hetero) is 1. The Morgan fingerprint density at radius 1 is 1.06 bits per heavy atom. The van der Waals surface area contributed by atoms with Crippen LogP contribution in [0.15, 0.2) is 65.6 Å². The highest BCUT2D eigenvalue weighted by Crippen LogP contribution is 2.44. The molecule has 2 aromatic carbocycles. The van der Waals surface area contributed by atoms with Crippen LogP contribution in [0.5, 0.6) is 11.5 Å². The van der Waals surface area contributed by atoms with E-state index in [9.17, 15) is 14.7 Å². The second-order valence-corrected chi connectivity index (χ2v) is 8.25. The molecular formula is C25H23NO5S. The van der Waals surface area contributed by atoms with Gasteiger partial charge in [-0.1, -0.05) is 25.1 Å². The topological polar surface area (TPSA) is 76.1 Å². The van der Waals surface area contributed by atoms with Crippen molar-refractivity contribution in [1.29, 1.82) is 0 Å². The molecule has 1 aliphatic rings. The summed E-state index contributed by atoms with van der Waals surface area (Å²) in [5.41, 5.74) is 2.07. The van der Waals surface area contributed by atoms with Crippen LogP contribution in [0.25, 0.3) is 5.76 Å². The van der Waals surface area contributed by atoms with Crippen molar-refractivity contribution in [3.63, 3.8) is 0 Å². The van der Waals surface area contributed by atoms with Crippen molar-refractivity contribution in [3.8, 4) is 11.5 Å². The first-order valence-corrected chi connectivity index (χ1v) is 11.0. The van der Waals surface area contributed by atoms with E-state index in [1.807, 2.05) is 41.8 Å². The predicted octanol–water partition coefficient (Wildman–Crippen LogP) is 4.95. The number of thiophene rings is 1. The molecule has 0 radical (unpaired) electrons. The quantitative estimate of drug-likeness (QED) is 0.327. The van der Waals surface area contributed by atoms with E-state index in [0.717, 1.165) is 16.9 Å². The molecule has 7 heteroatoms. The Bertz CT molecular complexity index is 1180. The van der Waals surface area contributed by atoms with E-state index in [2.05, 4.69) is 6.92 Å². The van der Waals surface area contributed by atoms with Crippen molar-refractivity contribution in [2.24, 2.45) is 0 Å². The minimum absolute atomic E-state index is 0.0282. The molecule has 1 fully saturated rings. The maximum Gasteiger partial charge on any atom is 0.300 e. The number of hydrogen-bond acceptors (Lipinski definition) is 6. The van der Waals surface area contributed by atoms with E-state index in [1.165, 1.54) is 30.5 Å². The predicted molar refractivity (Wildman–Crippen MR) is 124 cm³/mol. The first kappa shape index (κ1) is 21.6. The van der Waals surface area contributed by atoms with Crippen molar-refractivity contribution >= 4 is 34.5 Å². The Labute approximate surface area is 190 Å². The average Bonchev–Trinajstić information content (AvgIpc) is 3.45. The highest BCUT2D eigenvalue weighted by atomic mass is 32.1. The van der Waals surface area contributed by atoms with Gasteiger partial charge < -0.3 is 14.6 Å². The Morgan fingerprint density at radius 3 is 2.41 bits per heavy atom. The van der Waals surface area contributed by atoms with E-state index in [4.69, 9.17) is 9.47 Å². The van der Waals surface area contributed by atoms with Crippen molar-refractivity contribution in [2.75, 3.05) is 19.1 Å². The smallest absolute Gasteiger partial charge is 0.300 e. The first-order valence-electron chi connectivity index (χ1n) is 10.2. The Kier molecular flexibility index (Phi) is 6.01. The maximum absolute atomic E-state index is 13.2. The van der Waals surface area contributed by atoms with Crippen LogP contribution in [0.2, 0.25) is 0 Å². The number of hydrogen-bond donors (Lipinski definition) is 1. The summed E-state index contributed by atoms with van der Waals surface area (Å²) in [7, 11) is 3.00. The number of rotatable bonds is 6. The van der Waals surface area contributed by atoms with Gasteiger partial charge in [-0.25, -0.2) is 0 Å². The van der Waals surface area contributed by atoms with Gasteiger partial charge in [0.1, 0.15) is 23.3 Å². The molecule has 0 saturated carbocycles. The van der Waals surface area contributed by atoms with E-state index in [0.29, 0.717) is 22.7 Å².